The molecule has 1 aliphatic rings. The van der Waals surface area contributed by atoms with Gasteiger partial charge in [0.25, 0.3) is 10.0 Å². The maximum atomic E-state index is 14.6. The number of hydrogen-bond donors (Lipinski definition) is 1. The Labute approximate surface area is 183 Å². The van der Waals surface area contributed by atoms with Crippen LogP contribution >= 0.6 is 11.6 Å². The van der Waals surface area contributed by atoms with Crippen LogP contribution in [0.15, 0.2) is 53.4 Å². The summed E-state index contributed by atoms with van der Waals surface area (Å²) in [5.41, 5.74) is 1.83. The SMILES string of the molecule is COc1c(Cl)cc2cc1S(=O)(=O)Nc1cc(cc(F)c1F)-c1ccccc1CCOC2. The first-order valence-corrected chi connectivity index (χ1v) is 11.2. The fraction of sp³-hybridized carbons (Fsp3) is 0.182. The zero-order valence-electron chi connectivity index (χ0n) is 16.4. The fourth-order valence-electron chi connectivity index (χ4n) is 3.51. The smallest absolute Gasteiger partial charge is 0.265 e. The molecule has 0 spiro atoms. The maximum absolute atomic E-state index is 14.6. The number of sulfonamides is 1. The third kappa shape index (κ3) is 4.23. The molecule has 9 heteroatoms. The van der Waals surface area contributed by atoms with Crippen molar-refractivity contribution in [2.45, 2.75) is 17.9 Å². The number of rotatable bonds is 1. The molecule has 0 fully saturated rings. The molecular weight excluding hydrogens is 448 g/mol. The summed E-state index contributed by atoms with van der Waals surface area (Å²) >= 11 is 6.21. The Kier molecular flexibility index (Phi) is 5.88. The molecule has 0 amide bonds. The number of fused-ring (bicyclic) bond motifs is 6. The average Bonchev–Trinajstić information content (AvgIpc) is 2.73. The van der Waals surface area contributed by atoms with Gasteiger partial charge in [0.1, 0.15) is 4.90 Å². The van der Waals surface area contributed by atoms with E-state index < -0.39 is 27.3 Å². The van der Waals surface area contributed by atoms with Crippen LogP contribution in [0.5, 0.6) is 5.75 Å². The Bertz CT molecular complexity index is 1260. The topological polar surface area (TPSA) is 64.6 Å². The zero-order chi connectivity index (χ0) is 22.2. The number of methoxy groups -OCH3 is 1. The summed E-state index contributed by atoms with van der Waals surface area (Å²) in [7, 11) is -3.10. The minimum absolute atomic E-state index is 0.0572. The van der Waals surface area contributed by atoms with E-state index in [-0.39, 0.29) is 22.3 Å². The Hall–Kier alpha value is -2.68. The van der Waals surface area contributed by atoms with Gasteiger partial charge < -0.3 is 9.47 Å². The van der Waals surface area contributed by atoms with Crippen molar-refractivity contribution < 1.29 is 26.7 Å². The first-order chi connectivity index (χ1) is 14.8. The highest BCUT2D eigenvalue weighted by Gasteiger charge is 2.26. The van der Waals surface area contributed by atoms with Crippen LogP contribution in [-0.4, -0.2) is 22.1 Å². The number of ether oxygens (including phenoxy) is 2. The van der Waals surface area contributed by atoms with Gasteiger partial charge in [0.2, 0.25) is 0 Å². The molecule has 162 valence electrons. The Balaban J connectivity index is 1.94. The molecule has 4 rings (SSSR count). The maximum Gasteiger partial charge on any atom is 0.265 e. The van der Waals surface area contributed by atoms with Crippen molar-refractivity contribution >= 4 is 27.3 Å². The van der Waals surface area contributed by atoms with E-state index in [4.69, 9.17) is 21.1 Å². The van der Waals surface area contributed by atoms with E-state index in [1.807, 2.05) is 12.1 Å². The van der Waals surface area contributed by atoms with E-state index in [1.165, 1.54) is 19.2 Å². The molecule has 4 bridgehead atoms. The van der Waals surface area contributed by atoms with E-state index in [0.717, 1.165) is 11.6 Å². The number of anilines is 1. The van der Waals surface area contributed by atoms with E-state index >= 15 is 0 Å². The fourth-order valence-corrected chi connectivity index (χ4v) is 5.18. The number of hydrogen-bond acceptors (Lipinski definition) is 4. The van der Waals surface area contributed by atoms with Crippen molar-refractivity contribution in [1.82, 2.24) is 0 Å². The highest BCUT2D eigenvalue weighted by Crippen LogP contribution is 2.36. The molecule has 3 aromatic carbocycles. The van der Waals surface area contributed by atoms with Crippen LogP contribution in [0.3, 0.4) is 0 Å². The molecule has 0 aromatic heterocycles. The molecule has 0 atom stereocenters. The third-order valence-corrected chi connectivity index (χ3v) is 6.60. The highest BCUT2D eigenvalue weighted by molar-refractivity contribution is 7.92. The summed E-state index contributed by atoms with van der Waals surface area (Å²) in [6.07, 6.45) is 0.521. The quantitative estimate of drug-likeness (QED) is 0.538. The van der Waals surface area contributed by atoms with Crippen molar-refractivity contribution in [1.29, 1.82) is 0 Å². The van der Waals surface area contributed by atoms with Crippen LogP contribution in [0.1, 0.15) is 11.1 Å². The third-order valence-electron chi connectivity index (χ3n) is 4.95. The second-order valence-electron chi connectivity index (χ2n) is 6.99. The van der Waals surface area contributed by atoms with Crippen molar-refractivity contribution in [3.63, 3.8) is 0 Å². The Morgan fingerprint density at radius 3 is 2.68 bits per heavy atom. The lowest BCUT2D eigenvalue weighted by Gasteiger charge is -2.17. The molecular formula is C22H18ClF2NO4S. The molecule has 1 N–H and O–H groups in total. The van der Waals surface area contributed by atoms with Gasteiger partial charge in [-0.1, -0.05) is 35.9 Å². The Morgan fingerprint density at radius 2 is 1.90 bits per heavy atom. The molecule has 5 nitrogen and oxygen atoms in total. The van der Waals surface area contributed by atoms with Crippen molar-refractivity contribution in [2.24, 2.45) is 0 Å². The van der Waals surface area contributed by atoms with Crippen molar-refractivity contribution in [3.8, 4) is 16.9 Å². The zero-order valence-corrected chi connectivity index (χ0v) is 18.0. The lowest BCUT2D eigenvalue weighted by Crippen LogP contribution is -2.16. The van der Waals surface area contributed by atoms with Gasteiger partial charge in [0.15, 0.2) is 17.4 Å². The Morgan fingerprint density at radius 1 is 1.13 bits per heavy atom. The highest BCUT2D eigenvalue weighted by atomic mass is 35.5. The summed E-state index contributed by atoms with van der Waals surface area (Å²) in [6.45, 7) is 0.445. The van der Waals surface area contributed by atoms with E-state index in [2.05, 4.69) is 4.72 Å². The van der Waals surface area contributed by atoms with Crippen molar-refractivity contribution in [3.05, 3.63) is 76.3 Å². The van der Waals surface area contributed by atoms with Gasteiger partial charge in [-0.25, -0.2) is 17.2 Å². The molecule has 0 saturated carbocycles. The normalized spacial score (nSPS) is 15.4. The number of nitrogens with one attached hydrogen (secondary N) is 1. The van der Waals surface area contributed by atoms with E-state index in [1.54, 1.807) is 18.2 Å². The number of halogens is 3. The predicted molar refractivity (Wildman–Crippen MR) is 114 cm³/mol. The van der Waals surface area contributed by atoms with Gasteiger partial charge >= 0.3 is 0 Å². The van der Waals surface area contributed by atoms with Gasteiger partial charge in [-0.15, -0.1) is 0 Å². The molecule has 3 aromatic rings. The second kappa shape index (κ2) is 8.45. The summed E-state index contributed by atoms with van der Waals surface area (Å²) in [4.78, 5) is -0.302. The molecule has 0 aliphatic carbocycles. The summed E-state index contributed by atoms with van der Waals surface area (Å²) < 4.78 is 68.2. The van der Waals surface area contributed by atoms with Crippen LogP contribution in [0.2, 0.25) is 5.02 Å². The molecule has 0 saturated heterocycles. The average molecular weight is 466 g/mol. The molecule has 0 radical (unpaired) electrons. The van der Waals surface area contributed by atoms with Crippen LogP contribution in [0, 0.1) is 11.6 Å². The lowest BCUT2D eigenvalue weighted by atomic mass is 9.97. The summed E-state index contributed by atoms with van der Waals surface area (Å²) in [5, 5.41) is 0.0572. The van der Waals surface area contributed by atoms with Crippen LogP contribution < -0.4 is 9.46 Å². The minimum atomic E-state index is -4.37. The van der Waals surface area contributed by atoms with Crippen LogP contribution in [0.4, 0.5) is 14.5 Å². The van der Waals surface area contributed by atoms with E-state index in [9.17, 15) is 17.2 Å². The standard InChI is InChI=1S/C22H18ClF2NO4S/c1-29-22-17(23)8-13-9-20(22)31(27,28)26-19-11-15(10-18(24)21(19)25)16-5-3-2-4-14(16)6-7-30-12-13/h2-5,8-11,26H,6-7,12H2,1H3. The predicted octanol–water partition coefficient (Wildman–Crippen LogP) is 5.17. The largest absolute Gasteiger partial charge is 0.494 e. The minimum Gasteiger partial charge on any atom is -0.494 e. The molecule has 1 aliphatic heterocycles. The van der Waals surface area contributed by atoms with Gasteiger partial charge in [-0.3, -0.25) is 4.72 Å². The van der Waals surface area contributed by atoms with Crippen molar-refractivity contribution in [2.75, 3.05) is 18.4 Å². The van der Waals surface area contributed by atoms with Crippen LogP contribution in [-0.2, 0) is 27.8 Å². The summed E-state index contributed by atoms with van der Waals surface area (Å²) in [6, 6.07) is 12.4. The van der Waals surface area contributed by atoms with Gasteiger partial charge in [0.05, 0.1) is 31.0 Å². The first kappa shape index (κ1) is 21.5. The number of benzene rings is 3. The summed E-state index contributed by atoms with van der Waals surface area (Å²) in [5.74, 6) is -2.58. The van der Waals surface area contributed by atoms with E-state index in [0.29, 0.717) is 29.7 Å². The first-order valence-electron chi connectivity index (χ1n) is 9.34. The second-order valence-corrected chi connectivity index (χ2v) is 9.05. The lowest BCUT2D eigenvalue weighted by molar-refractivity contribution is 0.123. The molecule has 31 heavy (non-hydrogen) atoms. The van der Waals surface area contributed by atoms with Gasteiger partial charge in [-0.2, -0.15) is 0 Å². The molecule has 1 heterocycles. The molecule has 0 unspecified atom stereocenters. The van der Waals surface area contributed by atoms with Gasteiger partial charge in [0, 0.05) is 0 Å². The van der Waals surface area contributed by atoms with Crippen LogP contribution in [0.25, 0.3) is 11.1 Å². The van der Waals surface area contributed by atoms with Gasteiger partial charge in [-0.05, 0) is 52.9 Å². The monoisotopic (exact) mass is 465 g/mol.